The molecule has 1 aliphatic rings. The first-order valence-corrected chi connectivity index (χ1v) is 8.85. The number of pyridine rings is 1. The lowest BCUT2D eigenvalue weighted by atomic mass is 9.95. The van der Waals surface area contributed by atoms with Crippen LogP contribution in [0, 0.1) is 5.82 Å². The van der Waals surface area contributed by atoms with E-state index in [9.17, 15) is 4.39 Å². The summed E-state index contributed by atoms with van der Waals surface area (Å²) in [5.41, 5.74) is 2.38. The van der Waals surface area contributed by atoms with Crippen molar-refractivity contribution in [2.24, 2.45) is 0 Å². The fraction of sp³-hybridized carbons (Fsp3) is 0.286. The molecule has 0 saturated carbocycles. The molecule has 2 heterocycles. The van der Waals surface area contributed by atoms with E-state index in [1.807, 2.05) is 30.6 Å². The van der Waals surface area contributed by atoms with E-state index in [1.54, 1.807) is 12.1 Å². The molecule has 128 valence electrons. The van der Waals surface area contributed by atoms with Gasteiger partial charge in [0.2, 0.25) is 0 Å². The maximum atomic E-state index is 13.4. The minimum atomic E-state index is -0.190. The maximum absolute atomic E-state index is 13.4. The van der Waals surface area contributed by atoms with E-state index in [0.717, 1.165) is 43.5 Å². The van der Waals surface area contributed by atoms with Crippen LogP contribution in [-0.4, -0.2) is 36.1 Å². The summed E-state index contributed by atoms with van der Waals surface area (Å²) in [6, 6.07) is 15.7. The summed E-state index contributed by atoms with van der Waals surface area (Å²) in [6.07, 6.45) is 4.84. The quantitative estimate of drug-likeness (QED) is 0.790. The molecule has 25 heavy (non-hydrogen) atoms. The molecule has 1 saturated heterocycles. The van der Waals surface area contributed by atoms with Crippen LogP contribution in [0.5, 0.6) is 0 Å². The van der Waals surface area contributed by atoms with E-state index in [1.165, 1.54) is 10.9 Å². The number of nitrogens with one attached hydrogen (secondary N) is 1. The van der Waals surface area contributed by atoms with Crippen LogP contribution in [0.2, 0.25) is 0 Å². The molecule has 0 amide bonds. The number of halogens is 1. The molecule has 1 N–H and O–H groups in total. The van der Waals surface area contributed by atoms with Gasteiger partial charge >= 0.3 is 0 Å². The molecule has 0 aliphatic carbocycles. The fourth-order valence-corrected chi connectivity index (χ4v) is 3.66. The second kappa shape index (κ2) is 7.30. The second-order valence-corrected chi connectivity index (χ2v) is 6.58. The summed E-state index contributed by atoms with van der Waals surface area (Å²) < 4.78 is 13.4. The molecule has 1 aliphatic heterocycles. The van der Waals surface area contributed by atoms with Gasteiger partial charge in [0, 0.05) is 37.4 Å². The lowest BCUT2D eigenvalue weighted by molar-refractivity contribution is 0.241. The highest BCUT2D eigenvalue weighted by Gasteiger charge is 2.23. The van der Waals surface area contributed by atoms with E-state index in [4.69, 9.17) is 0 Å². The predicted molar refractivity (Wildman–Crippen MR) is 99.0 cm³/mol. The summed E-state index contributed by atoms with van der Waals surface area (Å²) in [6.45, 7) is 4.05. The van der Waals surface area contributed by atoms with Gasteiger partial charge in [0.15, 0.2) is 0 Å². The molecule has 0 bridgehead atoms. The van der Waals surface area contributed by atoms with Gasteiger partial charge in [-0.15, -0.1) is 0 Å². The Hall–Kier alpha value is -2.30. The minimum Gasteiger partial charge on any atom is -0.315 e. The van der Waals surface area contributed by atoms with Gasteiger partial charge in [-0.25, -0.2) is 4.39 Å². The van der Waals surface area contributed by atoms with Crippen molar-refractivity contribution in [1.29, 1.82) is 0 Å². The smallest absolute Gasteiger partial charge is 0.123 e. The molecular weight excluding hydrogens is 313 g/mol. The zero-order chi connectivity index (χ0) is 17.1. The van der Waals surface area contributed by atoms with E-state index in [2.05, 4.69) is 33.4 Å². The van der Waals surface area contributed by atoms with E-state index < -0.39 is 0 Å². The van der Waals surface area contributed by atoms with Crippen LogP contribution in [0.25, 0.3) is 10.8 Å². The van der Waals surface area contributed by atoms with Gasteiger partial charge in [-0.2, -0.15) is 0 Å². The van der Waals surface area contributed by atoms with Crippen LogP contribution in [0.4, 0.5) is 4.39 Å². The number of benzene rings is 2. The number of rotatable bonds is 3. The van der Waals surface area contributed by atoms with Gasteiger partial charge in [0.05, 0.1) is 6.04 Å². The third-order valence-electron chi connectivity index (χ3n) is 4.91. The number of fused-ring (bicyclic) bond motifs is 1. The predicted octanol–water partition coefficient (Wildman–Crippen LogP) is 3.76. The van der Waals surface area contributed by atoms with Crippen molar-refractivity contribution in [3.8, 4) is 0 Å². The van der Waals surface area contributed by atoms with Crippen molar-refractivity contribution < 1.29 is 4.39 Å². The lowest BCUT2D eigenvalue weighted by Gasteiger charge is -2.31. The largest absolute Gasteiger partial charge is 0.315 e. The van der Waals surface area contributed by atoms with Gasteiger partial charge in [-0.05, 0) is 53.7 Å². The number of hydrogen-bond donors (Lipinski definition) is 1. The van der Waals surface area contributed by atoms with Crippen LogP contribution in [0.15, 0.2) is 60.9 Å². The summed E-state index contributed by atoms with van der Waals surface area (Å²) in [4.78, 5) is 6.69. The molecule has 0 radical (unpaired) electrons. The van der Waals surface area contributed by atoms with E-state index in [-0.39, 0.29) is 11.9 Å². The maximum Gasteiger partial charge on any atom is 0.123 e. The van der Waals surface area contributed by atoms with Gasteiger partial charge in [0.1, 0.15) is 5.82 Å². The first-order chi connectivity index (χ1) is 12.3. The summed E-state index contributed by atoms with van der Waals surface area (Å²) >= 11 is 0. The Morgan fingerprint density at radius 2 is 1.76 bits per heavy atom. The highest BCUT2D eigenvalue weighted by atomic mass is 19.1. The molecule has 4 heteroatoms. The van der Waals surface area contributed by atoms with Crippen molar-refractivity contribution in [2.45, 2.75) is 12.5 Å². The normalized spacial score (nSPS) is 17.3. The summed E-state index contributed by atoms with van der Waals surface area (Å²) in [7, 11) is 0. The number of aromatic nitrogens is 1. The van der Waals surface area contributed by atoms with Crippen molar-refractivity contribution in [3.63, 3.8) is 0 Å². The first-order valence-electron chi connectivity index (χ1n) is 8.85. The van der Waals surface area contributed by atoms with Crippen LogP contribution < -0.4 is 5.32 Å². The topological polar surface area (TPSA) is 28.2 Å². The molecule has 0 spiro atoms. The monoisotopic (exact) mass is 335 g/mol. The third kappa shape index (κ3) is 3.55. The van der Waals surface area contributed by atoms with Crippen LogP contribution in [0.3, 0.4) is 0 Å². The molecule has 3 nitrogen and oxygen atoms in total. The number of hydrogen-bond acceptors (Lipinski definition) is 3. The van der Waals surface area contributed by atoms with Crippen molar-refractivity contribution in [1.82, 2.24) is 15.2 Å². The van der Waals surface area contributed by atoms with Crippen LogP contribution in [0.1, 0.15) is 23.6 Å². The second-order valence-electron chi connectivity index (χ2n) is 6.58. The molecule has 4 rings (SSSR count). The van der Waals surface area contributed by atoms with E-state index in [0.29, 0.717) is 0 Å². The molecule has 1 atom stereocenters. The standard InChI is InChI=1S/C21H22FN3/c22-20-6-4-16(5-7-20)21(25-12-1-9-23-11-13-25)18-2-3-19-15-24-10-8-17(19)14-18/h2-8,10,14-15,21,23H,1,9,11-13H2. The Kier molecular flexibility index (Phi) is 4.72. The Bertz CT molecular complexity index is 839. The lowest BCUT2D eigenvalue weighted by Crippen LogP contribution is -2.33. The van der Waals surface area contributed by atoms with Crippen LogP contribution >= 0.6 is 0 Å². The average molecular weight is 335 g/mol. The highest BCUT2D eigenvalue weighted by Crippen LogP contribution is 2.31. The van der Waals surface area contributed by atoms with Gasteiger partial charge in [0.25, 0.3) is 0 Å². The number of nitrogens with zero attached hydrogens (tertiary/aromatic N) is 2. The molecule has 3 aromatic rings. The van der Waals surface area contributed by atoms with Crippen molar-refractivity contribution >= 4 is 10.8 Å². The first kappa shape index (κ1) is 16.2. The zero-order valence-electron chi connectivity index (χ0n) is 14.2. The Labute approximate surface area is 147 Å². The molecule has 1 aromatic heterocycles. The SMILES string of the molecule is Fc1ccc(C(c2ccc3cnccc3c2)N2CCCNCC2)cc1. The highest BCUT2D eigenvalue weighted by molar-refractivity contribution is 5.82. The van der Waals surface area contributed by atoms with Crippen molar-refractivity contribution in [2.75, 3.05) is 26.2 Å². The van der Waals surface area contributed by atoms with E-state index >= 15 is 0 Å². The Balaban J connectivity index is 1.78. The third-order valence-corrected chi connectivity index (χ3v) is 4.91. The summed E-state index contributed by atoms with van der Waals surface area (Å²) in [5.74, 6) is -0.190. The minimum absolute atomic E-state index is 0.137. The van der Waals surface area contributed by atoms with Crippen molar-refractivity contribution in [3.05, 3.63) is 77.9 Å². The fourth-order valence-electron chi connectivity index (χ4n) is 3.66. The average Bonchev–Trinajstić information content (AvgIpc) is 2.93. The molecule has 1 fully saturated rings. The van der Waals surface area contributed by atoms with Crippen LogP contribution in [-0.2, 0) is 0 Å². The zero-order valence-corrected chi connectivity index (χ0v) is 14.2. The van der Waals surface area contributed by atoms with Gasteiger partial charge in [-0.3, -0.25) is 9.88 Å². The summed E-state index contributed by atoms with van der Waals surface area (Å²) in [5, 5.41) is 5.79. The Morgan fingerprint density at radius 1 is 0.920 bits per heavy atom. The molecular formula is C21H22FN3. The van der Waals surface area contributed by atoms with Gasteiger partial charge < -0.3 is 5.32 Å². The molecule has 1 unspecified atom stereocenters. The molecule has 2 aromatic carbocycles. The Morgan fingerprint density at radius 3 is 2.64 bits per heavy atom. The van der Waals surface area contributed by atoms with Gasteiger partial charge in [-0.1, -0.05) is 24.3 Å².